The Balaban J connectivity index is 1.86. The van der Waals surface area contributed by atoms with Gasteiger partial charge in [-0.3, -0.25) is 0 Å². The average Bonchev–Trinajstić information content (AvgIpc) is 2.86. The van der Waals surface area contributed by atoms with E-state index in [0.29, 0.717) is 16.6 Å². The van der Waals surface area contributed by atoms with E-state index < -0.39 is 10.0 Å². The van der Waals surface area contributed by atoms with Gasteiger partial charge < -0.3 is 4.90 Å². The van der Waals surface area contributed by atoms with Gasteiger partial charge >= 0.3 is 0 Å². The van der Waals surface area contributed by atoms with Crippen molar-refractivity contribution >= 4 is 33.2 Å². The molecule has 0 unspecified atom stereocenters. The standard InChI is InChI=1S/C13H18Cl2N2O2S/c14-11-8-12(15)10-13(9-11)20(18,19)16-4-3-7-17-5-1-2-6-17/h8-10,16H,1-7H2. The largest absolute Gasteiger partial charge is 0.303 e. The SMILES string of the molecule is O=S(=O)(NCCCN1CCCC1)c1cc(Cl)cc(Cl)c1. The number of rotatable bonds is 6. The Morgan fingerprint density at radius 3 is 2.30 bits per heavy atom. The molecular weight excluding hydrogens is 319 g/mol. The summed E-state index contributed by atoms with van der Waals surface area (Å²) in [4.78, 5) is 2.46. The van der Waals surface area contributed by atoms with E-state index in [1.54, 1.807) is 0 Å². The van der Waals surface area contributed by atoms with Crippen molar-refractivity contribution in [2.45, 2.75) is 24.2 Å². The second kappa shape index (κ2) is 7.09. The van der Waals surface area contributed by atoms with Gasteiger partial charge in [-0.25, -0.2) is 13.1 Å². The molecular formula is C13H18Cl2N2O2S. The molecule has 0 saturated carbocycles. The highest BCUT2D eigenvalue weighted by Gasteiger charge is 2.16. The molecule has 1 aromatic carbocycles. The molecule has 0 aromatic heterocycles. The van der Waals surface area contributed by atoms with E-state index in [-0.39, 0.29) is 4.90 Å². The van der Waals surface area contributed by atoms with Gasteiger partial charge in [0.2, 0.25) is 10.0 Å². The highest BCUT2D eigenvalue weighted by Crippen LogP contribution is 2.22. The van der Waals surface area contributed by atoms with Gasteiger partial charge in [0.15, 0.2) is 0 Å². The molecule has 7 heteroatoms. The monoisotopic (exact) mass is 336 g/mol. The van der Waals surface area contributed by atoms with Crippen LogP contribution < -0.4 is 4.72 Å². The minimum atomic E-state index is -3.54. The quantitative estimate of drug-likeness (QED) is 0.812. The third-order valence-electron chi connectivity index (χ3n) is 3.29. The van der Waals surface area contributed by atoms with Crippen molar-refractivity contribution in [1.82, 2.24) is 9.62 Å². The minimum absolute atomic E-state index is 0.108. The lowest BCUT2D eigenvalue weighted by Crippen LogP contribution is -2.28. The van der Waals surface area contributed by atoms with Crippen LogP contribution in [0.5, 0.6) is 0 Å². The molecule has 20 heavy (non-hydrogen) atoms. The van der Waals surface area contributed by atoms with Crippen LogP contribution in [0.3, 0.4) is 0 Å². The Kier molecular flexibility index (Phi) is 5.69. The molecule has 1 saturated heterocycles. The predicted molar refractivity (Wildman–Crippen MR) is 81.9 cm³/mol. The van der Waals surface area contributed by atoms with Gasteiger partial charge in [0.25, 0.3) is 0 Å². The summed E-state index contributed by atoms with van der Waals surface area (Å²) in [6.45, 7) is 3.59. The first-order valence-corrected chi connectivity index (χ1v) is 8.89. The number of sulfonamides is 1. The Labute approximate surface area is 130 Å². The lowest BCUT2D eigenvalue weighted by molar-refractivity contribution is 0.334. The van der Waals surface area contributed by atoms with E-state index in [0.717, 1.165) is 26.1 Å². The zero-order valence-electron chi connectivity index (χ0n) is 11.1. The van der Waals surface area contributed by atoms with Crippen LogP contribution in [0.25, 0.3) is 0 Å². The van der Waals surface area contributed by atoms with Crippen LogP contribution in [-0.2, 0) is 10.0 Å². The number of likely N-dealkylation sites (tertiary alicyclic amines) is 1. The Morgan fingerprint density at radius 2 is 1.70 bits per heavy atom. The fraction of sp³-hybridized carbons (Fsp3) is 0.538. The molecule has 2 rings (SSSR count). The van der Waals surface area contributed by atoms with E-state index >= 15 is 0 Å². The molecule has 1 aromatic rings. The predicted octanol–water partition coefficient (Wildman–Crippen LogP) is 2.76. The number of halogens is 2. The van der Waals surface area contributed by atoms with Crippen molar-refractivity contribution in [3.05, 3.63) is 28.2 Å². The Morgan fingerprint density at radius 1 is 1.10 bits per heavy atom. The average molecular weight is 337 g/mol. The number of benzene rings is 1. The van der Waals surface area contributed by atoms with Crippen molar-refractivity contribution in [3.8, 4) is 0 Å². The highest BCUT2D eigenvalue weighted by molar-refractivity contribution is 7.89. The van der Waals surface area contributed by atoms with Gasteiger partial charge in [-0.2, -0.15) is 0 Å². The number of hydrogen-bond donors (Lipinski definition) is 1. The maximum atomic E-state index is 12.1. The van der Waals surface area contributed by atoms with Crippen LogP contribution in [0.2, 0.25) is 10.0 Å². The van der Waals surface area contributed by atoms with Gasteiger partial charge in [-0.15, -0.1) is 0 Å². The second-order valence-electron chi connectivity index (χ2n) is 4.91. The van der Waals surface area contributed by atoms with E-state index in [1.807, 2.05) is 0 Å². The molecule has 1 heterocycles. The summed E-state index contributed by atoms with van der Waals surface area (Å²) in [5.41, 5.74) is 0. The zero-order chi connectivity index (χ0) is 14.6. The first-order chi connectivity index (χ1) is 9.47. The second-order valence-corrected chi connectivity index (χ2v) is 7.55. The molecule has 112 valence electrons. The summed E-state index contributed by atoms with van der Waals surface area (Å²) in [6.07, 6.45) is 3.28. The summed E-state index contributed by atoms with van der Waals surface area (Å²) in [5.74, 6) is 0. The summed E-state index contributed by atoms with van der Waals surface area (Å²) in [5, 5.41) is 0.630. The molecule has 0 spiro atoms. The van der Waals surface area contributed by atoms with E-state index in [9.17, 15) is 8.42 Å². The van der Waals surface area contributed by atoms with Crippen LogP contribution in [0.1, 0.15) is 19.3 Å². The first-order valence-electron chi connectivity index (χ1n) is 6.65. The third kappa shape index (κ3) is 4.60. The lowest BCUT2D eigenvalue weighted by atomic mass is 10.4. The van der Waals surface area contributed by atoms with E-state index in [4.69, 9.17) is 23.2 Å². The van der Waals surface area contributed by atoms with E-state index in [2.05, 4.69) is 9.62 Å². The van der Waals surface area contributed by atoms with Crippen LogP contribution in [0.15, 0.2) is 23.1 Å². The molecule has 1 N–H and O–H groups in total. The number of nitrogens with zero attached hydrogens (tertiary/aromatic N) is 1. The molecule has 0 atom stereocenters. The molecule has 4 nitrogen and oxygen atoms in total. The minimum Gasteiger partial charge on any atom is -0.303 e. The van der Waals surface area contributed by atoms with Crippen molar-refractivity contribution < 1.29 is 8.42 Å². The normalized spacial score (nSPS) is 16.7. The maximum Gasteiger partial charge on any atom is 0.240 e. The Hall–Kier alpha value is -0.330. The smallest absolute Gasteiger partial charge is 0.240 e. The maximum absolute atomic E-state index is 12.1. The van der Waals surface area contributed by atoms with Gasteiger partial charge in [0.05, 0.1) is 4.90 Å². The third-order valence-corrected chi connectivity index (χ3v) is 5.17. The molecule has 0 radical (unpaired) electrons. The first kappa shape index (κ1) is 16.0. The topological polar surface area (TPSA) is 49.4 Å². The number of nitrogens with one attached hydrogen (secondary N) is 1. The summed E-state index contributed by atoms with van der Waals surface area (Å²) < 4.78 is 26.8. The van der Waals surface area contributed by atoms with E-state index in [1.165, 1.54) is 31.0 Å². The molecule has 0 bridgehead atoms. The van der Waals surface area contributed by atoms with Crippen LogP contribution in [0.4, 0.5) is 0 Å². The van der Waals surface area contributed by atoms with Gasteiger partial charge in [-0.1, -0.05) is 23.2 Å². The van der Waals surface area contributed by atoms with Crippen molar-refractivity contribution in [2.75, 3.05) is 26.2 Å². The molecule has 1 aliphatic rings. The molecule has 1 aliphatic heterocycles. The highest BCUT2D eigenvalue weighted by atomic mass is 35.5. The summed E-state index contributed by atoms with van der Waals surface area (Å²) in [6, 6.07) is 4.31. The van der Waals surface area contributed by atoms with Gasteiger partial charge in [0.1, 0.15) is 0 Å². The fourth-order valence-electron chi connectivity index (χ4n) is 2.28. The van der Waals surface area contributed by atoms with Crippen molar-refractivity contribution in [1.29, 1.82) is 0 Å². The summed E-state index contributed by atoms with van der Waals surface area (Å²) >= 11 is 11.6. The molecule has 1 fully saturated rings. The fourth-order valence-corrected chi connectivity index (χ4v) is 4.08. The summed E-state index contributed by atoms with van der Waals surface area (Å²) in [7, 11) is -3.54. The van der Waals surface area contributed by atoms with Gasteiger partial charge in [0, 0.05) is 16.6 Å². The Bertz CT molecular complexity index is 537. The van der Waals surface area contributed by atoms with Gasteiger partial charge in [-0.05, 0) is 57.1 Å². The lowest BCUT2D eigenvalue weighted by Gasteiger charge is -2.14. The molecule has 0 aliphatic carbocycles. The van der Waals surface area contributed by atoms with Crippen LogP contribution >= 0.6 is 23.2 Å². The number of hydrogen-bond acceptors (Lipinski definition) is 3. The van der Waals surface area contributed by atoms with Crippen molar-refractivity contribution in [3.63, 3.8) is 0 Å². The van der Waals surface area contributed by atoms with Crippen molar-refractivity contribution in [2.24, 2.45) is 0 Å². The molecule has 0 amide bonds. The van der Waals surface area contributed by atoms with Crippen LogP contribution in [-0.4, -0.2) is 39.5 Å². The van der Waals surface area contributed by atoms with Crippen LogP contribution in [0, 0.1) is 0 Å². The zero-order valence-corrected chi connectivity index (χ0v) is 13.4.